The Labute approximate surface area is 158 Å². The minimum Gasteiger partial charge on any atom is -0.497 e. The van der Waals surface area contributed by atoms with Crippen molar-refractivity contribution in [2.24, 2.45) is 7.05 Å². The fraction of sp³-hybridized carbons (Fsp3) is 0.250. The van der Waals surface area contributed by atoms with Crippen LogP contribution >= 0.6 is 23.1 Å². The highest BCUT2D eigenvalue weighted by molar-refractivity contribution is 7.99. The van der Waals surface area contributed by atoms with E-state index in [2.05, 4.69) is 20.5 Å². The van der Waals surface area contributed by atoms with E-state index >= 15 is 0 Å². The van der Waals surface area contributed by atoms with Crippen molar-refractivity contribution in [2.75, 3.05) is 25.3 Å². The predicted octanol–water partition coefficient (Wildman–Crippen LogP) is 2.69. The molecule has 0 aliphatic rings. The number of benzene rings is 1. The van der Waals surface area contributed by atoms with Crippen molar-refractivity contribution in [3.63, 3.8) is 0 Å². The van der Waals surface area contributed by atoms with Crippen LogP contribution in [0.4, 0.5) is 5.13 Å². The minimum atomic E-state index is -0.152. The second-order valence-electron chi connectivity index (χ2n) is 5.17. The highest BCUT2D eigenvalue weighted by Crippen LogP contribution is 2.34. The van der Waals surface area contributed by atoms with Gasteiger partial charge >= 0.3 is 0 Å². The Balaban J connectivity index is 1.66. The molecule has 1 N–H and O–H groups in total. The first-order chi connectivity index (χ1) is 12.6. The molecule has 0 bridgehead atoms. The van der Waals surface area contributed by atoms with Crippen molar-refractivity contribution in [2.45, 2.75) is 5.16 Å². The molecule has 1 amide bonds. The van der Waals surface area contributed by atoms with Crippen LogP contribution in [0.3, 0.4) is 0 Å². The summed E-state index contributed by atoms with van der Waals surface area (Å²) in [5, 5.41) is 13.6. The molecule has 136 valence electrons. The molecule has 2 heterocycles. The average Bonchev–Trinajstić information content (AvgIpc) is 3.28. The van der Waals surface area contributed by atoms with E-state index in [1.165, 1.54) is 23.1 Å². The first kappa shape index (κ1) is 18.2. The van der Waals surface area contributed by atoms with Gasteiger partial charge in [0.15, 0.2) is 10.3 Å². The zero-order valence-corrected chi connectivity index (χ0v) is 16.1. The molecule has 0 fully saturated rings. The number of methoxy groups -OCH3 is 2. The maximum Gasteiger partial charge on any atom is 0.236 e. The number of anilines is 1. The molecule has 0 spiro atoms. The number of nitrogens with zero attached hydrogens (tertiary/aromatic N) is 4. The van der Waals surface area contributed by atoms with Gasteiger partial charge in [-0.3, -0.25) is 4.79 Å². The molecule has 0 aliphatic heterocycles. The predicted molar refractivity (Wildman–Crippen MR) is 101 cm³/mol. The zero-order chi connectivity index (χ0) is 18.5. The molecule has 0 atom stereocenters. The number of hydrogen-bond donors (Lipinski definition) is 1. The number of carbonyl (C=O) groups excluding carboxylic acids is 1. The Morgan fingerprint density at radius 1 is 1.35 bits per heavy atom. The lowest BCUT2D eigenvalue weighted by Gasteiger charge is -2.08. The normalized spacial score (nSPS) is 10.6. The first-order valence-electron chi connectivity index (χ1n) is 7.55. The fourth-order valence-electron chi connectivity index (χ4n) is 2.15. The highest BCUT2D eigenvalue weighted by Gasteiger charge is 2.13. The van der Waals surface area contributed by atoms with Gasteiger partial charge in [0.2, 0.25) is 5.91 Å². The topological polar surface area (TPSA) is 91.2 Å². The molecular formula is C16H17N5O3S2. The summed E-state index contributed by atoms with van der Waals surface area (Å²) in [6.45, 7) is 0. The molecule has 26 heavy (non-hydrogen) atoms. The summed E-state index contributed by atoms with van der Waals surface area (Å²) in [4.78, 5) is 16.6. The molecule has 0 radical (unpaired) electrons. The van der Waals surface area contributed by atoms with Crippen molar-refractivity contribution >= 4 is 34.1 Å². The van der Waals surface area contributed by atoms with Gasteiger partial charge < -0.3 is 19.4 Å². The van der Waals surface area contributed by atoms with E-state index in [1.807, 2.05) is 24.6 Å². The zero-order valence-electron chi connectivity index (χ0n) is 14.4. The quantitative estimate of drug-likeness (QED) is 0.619. The lowest BCUT2D eigenvalue weighted by Crippen LogP contribution is -2.14. The number of ether oxygens (including phenoxy) is 2. The van der Waals surface area contributed by atoms with Crippen LogP contribution < -0.4 is 14.8 Å². The number of hydrogen-bond acceptors (Lipinski definition) is 8. The van der Waals surface area contributed by atoms with Crippen LogP contribution in [0.2, 0.25) is 0 Å². The highest BCUT2D eigenvalue weighted by atomic mass is 32.2. The fourth-order valence-corrected chi connectivity index (χ4v) is 3.57. The van der Waals surface area contributed by atoms with E-state index in [1.54, 1.807) is 31.2 Å². The van der Waals surface area contributed by atoms with Crippen LogP contribution in [0.15, 0.2) is 35.1 Å². The largest absolute Gasteiger partial charge is 0.497 e. The molecule has 1 aromatic carbocycles. The third kappa shape index (κ3) is 4.14. The number of amides is 1. The number of carbonyl (C=O) groups is 1. The van der Waals surface area contributed by atoms with Crippen LogP contribution in [-0.2, 0) is 11.8 Å². The van der Waals surface area contributed by atoms with Gasteiger partial charge in [-0.1, -0.05) is 11.8 Å². The summed E-state index contributed by atoms with van der Waals surface area (Å²) in [5.74, 6) is 1.44. The van der Waals surface area contributed by atoms with Gasteiger partial charge in [-0.2, -0.15) is 0 Å². The van der Waals surface area contributed by atoms with Crippen LogP contribution in [0.25, 0.3) is 11.3 Å². The van der Waals surface area contributed by atoms with Gasteiger partial charge in [0.05, 0.1) is 25.7 Å². The van der Waals surface area contributed by atoms with E-state index in [0.717, 1.165) is 11.3 Å². The molecule has 0 aliphatic carbocycles. The smallest absolute Gasteiger partial charge is 0.236 e. The molecular weight excluding hydrogens is 374 g/mol. The van der Waals surface area contributed by atoms with Gasteiger partial charge in [0.1, 0.15) is 17.8 Å². The van der Waals surface area contributed by atoms with Crippen LogP contribution in [0.5, 0.6) is 11.5 Å². The Morgan fingerprint density at radius 3 is 2.88 bits per heavy atom. The van der Waals surface area contributed by atoms with Crippen molar-refractivity contribution in [1.29, 1.82) is 0 Å². The number of thiazole rings is 1. The van der Waals surface area contributed by atoms with E-state index in [4.69, 9.17) is 9.47 Å². The maximum atomic E-state index is 12.1. The van der Waals surface area contributed by atoms with E-state index < -0.39 is 0 Å². The van der Waals surface area contributed by atoms with Crippen LogP contribution in [0, 0.1) is 0 Å². The third-order valence-corrected chi connectivity index (χ3v) is 5.23. The number of thioether (sulfide) groups is 1. The standard InChI is InChI=1S/C16H17N5O3S2/c1-21-9-17-20-16(21)26-8-14(22)19-15-18-12(7-25-15)11-5-4-10(23-2)6-13(11)24-3/h4-7,9H,8H2,1-3H3,(H,18,19,22). The molecule has 0 saturated heterocycles. The van der Waals surface area contributed by atoms with Crippen LogP contribution in [-0.4, -0.2) is 45.6 Å². The molecule has 0 saturated carbocycles. The number of nitrogens with one attached hydrogen (secondary N) is 1. The van der Waals surface area contributed by atoms with Gasteiger partial charge in [-0.15, -0.1) is 21.5 Å². The van der Waals surface area contributed by atoms with Gasteiger partial charge in [0, 0.05) is 24.1 Å². The third-order valence-electron chi connectivity index (χ3n) is 3.44. The lowest BCUT2D eigenvalue weighted by atomic mass is 10.1. The number of aromatic nitrogens is 4. The van der Waals surface area contributed by atoms with Crippen molar-refractivity contribution < 1.29 is 14.3 Å². The summed E-state index contributed by atoms with van der Waals surface area (Å²) < 4.78 is 12.4. The van der Waals surface area contributed by atoms with E-state index in [9.17, 15) is 4.79 Å². The van der Waals surface area contributed by atoms with Crippen LogP contribution in [0.1, 0.15) is 0 Å². The summed E-state index contributed by atoms with van der Waals surface area (Å²) in [7, 11) is 5.02. The molecule has 10 heteroatoms. The Hall–Kier alpha value is -2.59. The SMILES string of the molecule is COc1ccc(-c2csc(NC(=O)CSc3nncn3C)n2)c(OC)c1. The average molecular weight is 391 g/mol. The summed E-state index contributed by atoms with van der Waals surface area (Å²) in [6.07, 6.45) is 1.59. The van der Waals surface area contributed by atoms with Crippen molar-refractivity contribution in [3.8, 4) is 22.8 Å². The molecule has 8 nitrogen and oxygen atoms in total. The first-order valence-corrected chi connectivity index (χ1v) is 9.42. The molecule has 0 unspecified atom stereocenters. The van der Waals surface area contributed by atoms with E-state index in [-0.39, 0.29) is 11.7 Å². The second-order valence-corrected chi connectivity index (χ2v) is 6.97. The lowest BCUT2D eigenvalue weighted by molar-refractivity contribution is -0.113. The Morgan fingerprint density at radius 2 is 2.19 bits per heavy atom. The summed E-state index contributed by atoms with van der Waals surface area (Å²) >= 11 is 2.67. The van der Waals surface area contributed by atoms with Gasteiger partial charge in [0.25, 0.3) is 0 Å². The minimum absolute atomic E-state index is 0.152. The van der Waals surface area contributed by atoms with Crippen molar-refractivity contribution in [3.05, 3.63) is 29.9 Å². The van der Waals surface area contributed by atoms with E-state index in [0.29, 0.717) is 21.8 Å². The van der Waals surface area contributed by atoms with Crippen molar-refractivity contribution in [1.82, 2.24) is 19.7 Å². The Kier molecular flexibility index (Phi) is 5.74. The number of rotatable bonds is 7. The molecule has 2 aromatic heterocycles. The van der Waals surface area contributed by atoms with Gasteiger partial charge in [-0.05, 0) is 12.1 Å². The summed E-state index contributed by atoms with van der Waals surface area (Å²) in [6, 6.07) is 5.51. The summed E-state index contributed by atoms with van der Waals surface area (Å²) in [5.41, 5.74) is 1.56. The second kappa shape index (κ2) is 8.19. The molecule has 3 aromatic rings. The van der Waals surface area contributed by atoms with Gasteiger partial charge in [-0.25, -0.2) is 4.98 Å². The number of aryl methyl sites for hydroxylation is 1. The Bertz CT molecular complexity index is 909. The maximum absolute atomic E-state index is 12.1. The monoisotopic (exact) mass is 391 g/mol. The molecule has 3 rings (SSSR count).